The zero-order valence-electron chi connectivity index (χ0n) is 11.1. The number of aromatic nitrogens is 2. The summed E-state index contributed by atoms with van der Waals surface area (Å²) in [6.07, 6.45) is 2.95. The molecular formula is C13H20N4O2. The normalized spacial score (nSPS) is 22.8. The van der Waals surface area contributed by atoms with Crippen LogP contribution in [0.4, 0.5) is 11.8 Å². The van der Waals surface area contributed by atoms with E-state index in [-0.39, 0.29) is 12.6 Å². The number of hydrogen-bond donors (Lipinski definition) is 3. The molecule has 1 saturated heterocycles. The van der Waals surface area contributed by atoms with Crippen LogP contribution < -0.4 is 10.6 Å². The summed E-state index contributed by atoms with van der Waals surface area (Å²) in [6, 6.07) is 0. The Kier molecular flexibility index (Phi) is 3.73. The monoisotopic (exact) mass is 264 g/mol. The van der Waals surface area contributed by atoms with Gasteiger partial charge in [-0.3, -0.25) is 0 Å². The van der Waals surface area contributed by atoms with Crippen molar-refractivity contribution >= 4 is 11.8 Å². The van der Waals surface area contributed by atoms with Crippen LogP contribution >= 0.6 is 0 Å². The van der Waals surface area contributed by atoms with Gasteiger partial charge in [0.2, 0.25) is 5.95 Å². The van der Waals surface area contributed by atoms with Gasteiger partial charge in [0.25, 0.3) is 0 Å². The molecule has 6 heteroatoms. The number of nitrogens with zero attached hydrogens (tertiary/aromatic N) is 3. The van der Waals surface area contributed by atoms with E-state index in [4.69, 9.17) is 5.73 Å². The van der Waals surface area contributed by atoms with Crippen LogP contribution in [0.2, 0.25) is 0 Å². The molecule has 0 aliphatic carbocycles. The third-order valence-electron chi connectivity index (χ3n) is 3.48. The van der Waals surface area contributed by atoms with Gasteiger partial charge in [-0.05, 0) is 19.8 Å². The minimum atomic E-state index is -1.06. The number of rotatable bonds is 4. The molecule has 1 atom stereocenters. The lowest BCUT2D eigenvalue weighted by atomic mass is 10.1. The van der Waals surface area contributed by atoms with Crippen molar-refractivity contribution in [2.24, 2.45) is 0 Å². The molecule has 0 spiro atoms. The van der Waals surface area contributed by atoms with Crippen molar-refractivity contribution in [3.05, 3.63) is 23.9 Å². The molecule has 1 aliphatic heterocycles. The lowest BCUT2D eigenvalue weighted by Crippen LogP contribution is -2.37. The van der Waals surface area contributed by atoms with Crippen LogP contribution in [-0.2, 0) is 6.42 Å². The first kappa shape index (κ1) is 13.8. The maximum atomic E-state index is 10.1. The summed E-state index contributed by atoms with van der Waals surface area (Å²) < 4.78 is 0. The number of nitrogen functional groups attached to an aromatic ring is 1. The first-order valence-corrected chi connectivity index (χ1v) is 6.31. The minimum Gasteiger partial charge on any atom is -0.393 e. The number of aliphatic hydroxyl groups is 2. The van der Waals surface area contributed by atoms with E-state index in [0.717, 1.165) is 17.1 Å². The molecule has 0 aromatic carbocycles. The second-order valence-electron chi connectivity index (χ2n) is 5.02. The molecule has 0 saturated carbocycles. The van der Waals surface area contributed by atoms with Crippen molar-refractivity contribution in [3.8, 4) is 0 Å². The van der Waals surface area contributed by atoms with Crippen molar-refractivity contribution in [3.63, 3.8) is 0 Å². The molecule has 4 N–H and O–H groups in total. The Balaban J connectivity index is 2.36. The molecule has 1 aliphatic rings. The van der Waals surface area contributed by atoms with Crippen molar-refractivity contribution < 1.29 is 10.2 Å². The summed E-state index contributed by atoms with van der Waals surface area (Å²) in [5.41, 5.74) is 6.43. The van der Waals surface area contributed by atoms with Crippen LogP contribution in [0.1, 0.15) is 17.7 Å². The molecule has 2 rings (SSSR count). The number of anilines is 2. The quantitative estimate of drug-likeness (QED) is 0.664. The molecule has 0 amide bonds. The van der Waals surface area contributed by atoms with E-state index in [2.05, 4.69) is 16.5 Å². The van der Waals surface area contributed by atoms with Gasteiger partial charge in [0.15, 0.2) is 0 Å². The van der Waals surface area contributed by atoms with Gasteiger partial charge in [-0.15, -0.1) is 6.58 Å². The summed E-state index contributed by atoms with van der Waals surface area (Å²) in [6.45, 7) is 6.36. The van der Waals surface area contributed by atoms with Crippen LogP contribution in [-0.4, -0.2) is 45.5 Å². The number of nitrogens with two attached hydrogens (primary N) is 1. The summed E-state index contributed by atoms with van der Waals surface area (Å²) in [5, 5.41) is 19.3. The van der Waals surface area contributed by atoms with Crippen LogP contribution in [0.25, 0.3) is 0 Å². The highest BCUT2D eigenvalue weighted by Crippen LogP contribution is 2.29. The highest BCUT2D eigenvalue weighted by atomic mass is 16.3. The van der Waals surface area contributed by atoms with Crippen molar-refractivity contribution in [1.29, 1.82) is 0 Å². The first-order valence-electron chi connectivity index (χ1n) is 6.31. The molecule has 0 radical (unpaired) electrons. The number of β-amino-alcohol motifs (C(OH)–C–C–N with tert-alkyl or cyclic N) is 1. The van der Waals surface area contributed by atoms with Gasteiger partial charge in [0.05, 0.1) is 13.2 Å². The molecule has 19 heavy (non-hydrogen) atoms. The van der Waals surface area contributed by atoms with E-state index in [1.54, 1.807) is 6.08 Å². The average molecular weight is 264 g/mol. The number of aliphatic hydroxyl groups excluding tert-OH is 1. The van der Waals surface area contributed by atoms with Gasteiger partial charge in [0, 0.05) is 17.8 Å². The smallest absolute Gasteiger partial charge is 0.222 e. The molecule has 0 unspecified atom stereocenters. The summed E-state index contributed by atoms with van der Waals surface area (Å²) >= 11 is 0. The Morgan fingerprint density at radius 3 is 2.84 bits per heavy atom. The molecule has 6 nitrogen and oxygen atoms in total. The molecular weight excluding hydrogens is 244 g/mol. The van der Waals surface area contributed by atoms with E-state index in [1.807, 2.05) is 11.8 Å². The van der Waals surface area contributed by atoms with E-state index in [0.29, 0.717) is 25.9 Å². The van der Waals surface area contributed by atoms with Gasteiger partial charge in [-0.2, -0.15) is 4.98 Å². The van der Waals surface area contributed by atoms with Crippen molar-refractivity contribution in [2.75, 3.05) is 30.3 Å². The second-order valence-corrected chi connectivity index (χ2v) is 5.02. The minimum absolute atomic E-state index is 0.222. The summed E-state index contributed by atoms with van der Waals surface area (Å²) in [5.74, 6) is 0.953. The lowest BCUT2D eigenvalue weighted by molar-refractivity contribution is 0.00473. The summed E-state index contributed by atoms with van der Waals surface area (Å²) in [7, 11) is 0. The predicted molar refractivity (Wildman–Crippen MR) is 73.9 cm³/mol. The van der Waals surface area contributed by atoms with Gasteiger partial charge in [-0.25, -0.2) is 4.98 Å². The molecule has 1 fully saturated rings. The number of aryl methyl sites for hydroxylation is 1. The fourth-order valence-electron chi connectivity index (χ4n) is 2.41. The van der Waals surface area contributed by atoms with Gasteiger partial charge >= 0.3 is 0 Å². The maximum absolute atomic E-state index is 10.1. The molecule has 104 valence electrons. The standard InChI is InChI=1S/C13H20N4O2/c1-3-4-10-9(2)15-12(14)16-11(10)17-6-5-13(19,7-17)8-18/h3,18-19H,1,4-8H2,2H3,(H2,14,15,16)/t13-/m1/s1. The Labute approximate surface area is 112 Å². The molecule has 0 bridgehead atoms. The number of allylic oxidation sites excluding steroid dienone is 1. The Morgan fingerprint density at radius 1 is 1.53 bits per heavy atom. The number of hydrogen-bond acceptors (Lipinski definition) is 6. The van der Waals surface area contributed by atoms with Crippen LogP contribution in [0, 0.1) is 6.92 Å². The largest absolute Gasteiger partial charge is 0.393 e. The Morgan fingerprint density at radius 2 is 2.26 bits per heavy atom. The van der Waals surface area contributed by atoms with Gasteiger partial charge < -0.3 is 20.8 Å². The molecule has 2 heterocycles. The SMILES string of the molecule is C=CCc1c(C)nc(N)nc1N1CC[C@](O)(CO)C1. The fraction of sp³-hybridized carbons (Fsp3) is 0.538. The van der Waals surface area contributed by atoms with Crippen LogP contribution in [0.15, 0.2) is 12.7 Å². The van der Waals surface area contributed by atoms with E-state index < -0.39 is 5.60 Å². The fourth-order valence-corrected chi connectivity index (χ4v) is 2.41. The van der Waals surface area contributed by atoms with E-state index in [9.17, 15) is 10.2 Å². The topological polar surface area (TPSA) is 95.5 Å². The lowest BCUT2D eigenvalue weighted by Gasteiger charge is -2.24. The zero-order valence-corrected chi connectivity index (χ0v) is 11.1. The van der Waals surface area contributed by atoms with E-state index in [1.165, 1.54) is 0 Å². The second kappa shape index (κ2) is 5.14. The third kappa shape index (κ3) is 2.69. The van der Waals surface area contributed by atoms with Crippen molar-refractivity contribution in [1.82, 2.24) is 9.97 Å². The molecule has 1 aromatic rings. The van der Waals surface area contributed by atoms with E-state index >= 15 is 0 Å². The zero-order chi connectivity index (χ0) is 14.0. The highest BCUT2D eigenvalue weighted by Gasteiger charge is 2.37. The summed E-state index contributed by atoms with van der Waals surface area (Å²) in [4.78, 5) is 10.4. The first-order chi connectivity index (χ1) is 8.99. The van der Waals surface area contributed by atoms with Crippen molar-refractivity contribution in [2.45, 2.75) is 25.4 Å². The maximum Gasteiger partial charge on any atom is 0.222 e. The highest BCUT2D eigenvalue weighted by molar-refractivity contribution is 5.53. The van der Waals surface area contributed by atoms with Gasteiger partial charge in [0.1, 0.15) is 11.4 Å². The third-order valence-corrected chi connectivity index (χ3v) is 3.48. The Hall–Kier alpha value is -1.66. The van der Waals surface area contributed by atoms with Gasteiger partial charge in [-0.1, -0.05) is 6.08 Å². The molecule has 1 aromatic heterocycles. The Bertz CT molecular complexity index is 492. The van der Waals surface area contributed by atoms with Crippen LogP contribution in [0.5, 0.6) is 0 Å². The average Bonchev–Trinajstić information content (AvgIpc) is 2.76. The predicted octanol–water partition coefficient (Wildman–Crippen LogP) is 0.0292. The van der Waals surface area contributed by atoms with Crippen LogP contribution in [0.3, 0.4) is 0 Å².